The van der Waals surface area contributed by atoms with Crippen molar-refractivity contribution in [1.82, 2.24) is 0 Å². The molecular weight excluding hydrogens is 580 g/mol. The van der Waals surface area contributed by atoms with Gasteiger partial charge in [-0.2, -0.15) is 0 Å². The summed E-state index contributed by atoms with van der Waals surface area (Å²) >= 11 is -0.364. The molecule has 0 spiro atoms. The fourth-order valence-corrected chi connectivity index (χ4v) is 13.5. The summed E-state index contributed by atoms with van der Waals surface area (Å²) in [4.78, 5) is 0. The fraction of sp³-hybridized carbons (Fsp3) is 0.0588. The van der Waals surface area contributed by atoms with Crippen molar-refractivity contribution in [3.05, 3.63) is 162 Å². The Hall–Kier alpha value is -1.73. The summed E-state index contributed by atoms with van der Waals surface area (Å²) in [5.74, 6) is 0. The predicted octanol–water partition coefficient (Wildman–Crippen LogP) is 8.08. The van der Waals surface area contributed by atoms with Gasteiger partial charge >= 0.3 is 250 Å². The molecule has 4 atom stereocenters. The van der Waals surface area contributed by atoms with Crippen LogP contribution in [0, 0.1) is 0 Å². The minimum atomic E-state index is -0.364. The molecule has 0 radical (unpaired) electrons. The summed E-state index contributed by atoms with van der Waals surface area (Å²) < 4.78 is 3.53. The third-order valence-corrected chi connectivity index (χ3v) is 14.9. The first-order valence-corrected chi connectivity index (χ1v) is 18.8. The van der Waals surface area contributed by atoms with E-state index in [9.17, 15) is 0 Å². The van der Waals surface area contributed by atoms with E-state index in [2.05, 4.69) is 133 Å². The Morgan fingerprint density at radius 1 is 0.385 bits per heavy atom. The van der Waals surface area contributed by atoms with Crippen LogP contribution in [0.5, 0.6) is 0 Å². The van der Waals surface area contributed by atoms with Gasteiger partial charge in [0.2, 0.25) is 0 Å². The molecule has 0 bridgehead atoms. The molecule has 0 saturated heterocycles. The van der Waals surface area contributed by atoms with Crippen LogP contribution in [0.4, 0.5) is 0 Å². The Bertz CT molecular complexity index is 1420. The van der Waals surface area contributed by atoms with Crippen LogP contribution in [0.2, 0.25) is 0 Å². The molecule has 2 aliphatic rings. The van der Waals surface area contributed by atoms with Crippen LogP contribution in [0.15, 0.2) is 162 Å². The zero-order valence-electron chi connectivity index (χ0n) is 21.6. The molecule has 0 nitrogen and oxygen atoms in total. The Morgan fingerprint density at radius 3 is 1.03 bits per heavy atom. The van der Waals surface area contributed by atoms with Crippen molar-refractivity contribution < 1.29 is 19.2 Å². The van der Waals surface area contributed by atoms with Crippen molar-refractivity contribution in [3.63, 3.8) is 0 Å². The van der Waals surface area contributed by atoms with Gasteiger partial charge in [0, 0.05) is 0 Å². The normalized spacial score (nSPS) is 16.2. The van der Waals surface area contributed by atoms with E-state index in [4.69, 9.17) is 0 Å². The van der Waals surface area contributed by atoms with Gasteiger partial charge in [0.05, 0.1) is 0 Å². The van der Waals surface area contributed by atoms with Crippen molar-refractivity contribution in [2.75, 3.05) is 0 Å². The first-order chi connectivity index (χ1) is 19.3. The van der Waals surface area contributed by atoms with Gasteiger partial charge in [-0.05, 0) is 0 Å². The SMILES string of the molecule is C1=C(Pc2ccccc2)C[C]([Ti][C]2=C(Pc3ccccc3)C=C(Pc3ccccc3)C2)=C1Pc1ccccc1. The molecule has 6 rings (SSSR count). The van der Waals surface area contributed by atoms with Gasteiger partial charge in [-0.15, -0.1) is 0 Å². The van der Waals surface area contributed by atoms with Gasteiger partial charge < -0.3 is 0 Å². The van der Waals surface area contributed by atoms with Crippen molar-refractivity contribution in [2.24, 2.45) is 0 Å². The number of hydrogen-bond acceptors (Lipinski definition) is 0. The minimum absolute atomic E-state index is 0.364. The number of rotatable bonds is 10. The van der Waals surface area contributed by atoms with E-state index in [-0.39, 0.29) is 19.2 Å². The molecule has 4 aromatic carbocycles. The Kier molecular flexibility index (Phi) is 9.68. The van der Waals surface area contributed by atoms with Gasteiger partial charge in [-0.1, -0.05) is 0 Å². The van der Waals surface area contributed by atoms with Crippen molar-refractivity contribution in [3.8, 4) is 0 Å². The predicted molar refractivity (Wildman–Crippen MR) is 177 cm³/mol. The average molecular weight is 610 g/mol. The summed E-state index contributed by atoms with van der Waals surface area (Å²) in [6.07, 6.45) is 7.49. The molecule has 4 aromatic rings. The van der Waals surface area contributed by atoms with Crippen LogP contribution in [-0.2, 0) is 19.2 Å². The average Bonchev–Trinajstić information content (AvgIpc) is 3.53. The van der Waals surface area contributed by atoms with Crippen molar-refractivity contribution in [2.45, 2.75) is 12.8 Å². The molecule has 0 fully saturated rings. The molecule has 0 aliphatic heterocycles. The molecule has 0 amide bonds. The summed E-state index contributed by atoms with van der Waals surface area (Å²) in [6.45, 7) is 0. The quantitative estimate of drug-likeness (QED) is 0.126. The van der Waals surface area contributed by atoms with Crippen molar-refractivity contribution >= 4 is 55.5 Å². The van der Waals surface area contributed by atoms with E-state index < -0.39 is 0 Å². The molecule has 0 aromatic heterocycles. The van der Waals surface area contributed by atoms with E-state index in [1.54, 1.807) is 29.0 Å². The Labute approximate surface area is 248 Å². The summed E-state index contributed by atoms with van der Waals surface area (Å²) in [5, 5.41) is 12.3. The topological polar surface area (TPSA) is 0 Å². The van der Waals surface area contributed by atoms with E-state index >= 15 is 0 Å². The number of benzene rings is 4. The first kappa shape index (κ1) is 27.4. The van der Waals surface area contributed by atoms with Gasteiger partial charge in [-0.25, -0.2) is 0 Å². The zero-order chi connectivity index (χ0) is 26.3. The molecule has 190 valence electrons. The molecule has 0 saturated carbocycles. The summed E-state index contributed by atoms with van der Waals surface area (Å²) in [7, 11) is 3.04. The second-order valence-electron chi connectivity index (χ2n) is 9.57. The third-order valence-electron chi connectivity index (χ3n) is 6.59. The van der Waals surface area contributed by atoms with Crippen LogP contribution in [0.25, 0.3) is 0 Å². The molecule has 0 N–H and O–H groups in total. The summed E-state index contributed by atoms with van der Waals surface area (Å²) in [6, 6.07) is 44.3. The van der Waals surface area contributed by atoms with E-state index in [1.165, 1.54) is 34.1 Å². The van der Waals surface area contributed by atoms with Gasteiger partial charge in [0.15, 0.2) is 0 Å². The van der Waals surface area contributed by atoms with E-state index in [1.807, 2.05) is 0 Å². The fourth-order valence-electron chi connectivity index (χ4n) is 4.75. The third kappa shape index (κ3) is 7.72. The molecular formula is C34H30P4Ti. The van der Waals surface area contributed by atoms with Gasteiger partial charge in [0.25, 0.3) is 0 Å². The second-order valence-corrected chi connectivity index (χ2v) is 17.5. The van der Waals surface area contributed by atoms with Crippen LogP contribution in [0.1, 0.15) is 12.8 Å². The van der Waals surface area contributed by atoms with E-state index in [0.29, 0.717) is 0 Å². The summed E-state index contributed by atoms with van der Waals surface area (Å²) in [5.41, 5.74) is 0. The molecule has 2 aliphatic carbocycles. The van der Waals surface area contributed by atoms with Crippen LogP contribution in [0.3, 0.4) is 0 Å². The maximum absolute atomic E-state index is 2.57. The van der Waals surface area contributed by atoms with Crippen LogP contribution < -0.4 is 21.2 Å². The van der Waals surface area contributed by atoms with Gasteiger partial charge in [-0.3, -0.25) is 0 Å². The standard InChI is InChI=1S/2C17H15P2.Ti/c2*1-3-7-14(8-4-1)18-16-11-12-17(13-16)19-15-9-5-2-6-10-15;/h2*1-10,13,18-19H,11H2;. The Balaban J connectivity index is 1.27. The van der Waals surface area contributed by atoms with Crippen molar-refractivity contribution in [1.29, 1.82) is 0 Å². The maximum atomic E-state index is 2.57. The van der Waals surface area contributed by atoms with E-state index in [0.717, 1.165) is 34.3 Å². The first-order valence-electron chi connectivity index (χ1n) is 13.2. The monoisotopic (exact) mass is 610 g/mol. The molecule has 0 heterocycles. The second kappa shape index (κ2) is 13.8. The molecule has 39 heavy (non-hydrogen) atoms. The molecule has 5 heteroatoms. The zero-order valence-corrected chi connectivity index (χ0v) is 27.2. The van der Waals surface area contributed by atoms with Crippen LogP contribution >= 0.6 is 34.3 Å². The number of allylic oxidation sites excluding steroid dienone is 8. The molecule has 4 unspecified atom stereocenters. The van der Waals surface area contributed by atoms with Crippen LogP contribution in [-0.4, -0.2) is 0 Å². The Morgan fingerprint density at radius 2 is 0.692 bits per heavy atom. The number of hydrogen-bond donors (Lipinski definition) is 0. The van der Waals surface area contributed by atoms with Gasteiger partial charge in [0.1, 0.15) is 0 Å².